The highest BCUT2D eigenvalue weighted by Gasteiger charge is 2.34. The largest absolute Gasteiger partial charge is 0.489 e. The molecule has 0 unspecified atom stereocenters. The van der Waals surface area contributed by atoms with Crippen molar-refractivity contribution < 1.29 is 14.3 Å². The Labute approximate surface area is 181 Å². The smallest absolute Gasteiger partial charge is 0.251 e. The van der Waals surface area contributed by atoms with Crippen molar-refractivity contribution >= 4 is 17.5 Å². The highest BCUT2D eigenvalue weighted by molar-refractivity contribution is 6.31. The second kappa shape index (κ2) is 8.41. The van der Waals surface area contributed by atoms with Gasteiger partial charge in [-0.05, 0) is 50.2 Å². The first-order valence-electron chi connectivity index (χ1n) is 9.96. The van der Waals surface area contributed by atoms with Crippen LogP contribution in [0, 0.1) is 0 Å². The predicted octanol–water partition coefficient (Wildman–Crippen LogP) is 5.95. The monoisotopic (exact) mass is 421 g/mol. The predicted molar refractivity (Wildman–Crippen MR) is 118 cm³/mol. The third-order valence-corrected chi connectivity index (χ3v) is 5.52. The lowest BCUT2D eigenvalue weighted by Crippen LogP contribution is -2.41. The summed E-state index contributed by atoms with van der Waals surface area (Å²) in [5.41, 5.74) is 2.16. The maximum Gasteiger partial charge on any atom is 0.251 e. The van der Waals surface area contributed by atoms with E-state index in [1.165, 1.54) is 0 Å². The number of carbonyl (C=O) groups is 1. The Kier molecular flexibility index (Phi) is 5.69. The number of fused-ring (bicyclic) bond motifs is 1. The molecule has 4 rings (SSSR count). The first kappa shape index (κ1) is 20.3. The summed E-state index contributed by atoms with van der Waals surface area (Å²) in [7, 11) is 0. The summed E-state index contributed by atoms with van der Waals surface area (Å²) < 4.78 is 11.8. The van der Waals surface area contributed by atoms with Gasteiger partial charge in [0.05, 0.1) is 6.04 Å². The number of hydrogen-bond donors (Lipinski definition) is 1. The highest BCUT2D eigenvalue weighted by atomic mass is 35.5. The van der Waals surface area contributed by atoms with E-state index in [0.29, 0.717) is 29.4 Å². The molecule has 0 saturated carbocycles. The van der Waals surface area contributed by atoms with Crippen molar-refractivity contribution in [1.29, 1.82) is 0 Å². The summed E-state index contributed by atoms with van der Waals surface area (Å²) in [4.78, 5) is 12.9. The molecule has 3 aromatic carbocycles. The van der Waals surface area contributed by atoms with Gasteiger partial charge in [0, 0.05) is 28.1 Å². The van der Waals surface area contributed by atoms with Crippen molar-refractivity contribution in [3.8, 4) is 11.5 Å². The number of para-hydroxylation sites is 1. The van der Waals surface area contributed by atoms with Crippen molar-refractivity contribution in [1.82, 2.24) is 5.32 Å². The minimum absolute atomic E-state index is 0.103. The van der Waals surface area contributed by atoms with Crippen LogP contribution in [0.15, 0.2) is 72.8 Å². The van der Waals surface area contributed by atoms with Crippen LogP contribution in [0.25, 0.3) is 0 Å². The molecule has 30 heavy (non-hydrogen) atoms. The van der Waals surface area contributed by atoms with Gasteiger partial charge in [-0.3, -0.25) is 4.79 Å². The van der Waals surface area contributed by atoms with Crippen LogP contribution in [-0.4, -0.2) is 11.5 Å². The fraction of sp³-hybridized carbons (Fsp3) is 0.240. The molecule has 1 N–H and O–H groups in total. The van der Waals surface area contributed by atoms with Crippen LogP contribution in [0.3, 0.4) is 0 Å². The van der Waals surface area contributed by atoms with E-state index in [1.54, 1.807) is 24.3 Å². The Hall–Kier alpha value is -2.98. The van der Waals surface area contributed by atoms with Crippen LogP contribution in [0.1, 0.15) is 47.8 Å². The van der Waals surface area contributed by atoms with Crippen molar-refractivity contribution in [2.75, 3.05) is 0 Å². The van der Waals surface area contributed by atoms with Crippen LogP contribution in [0.2, 0.25) is 5.02 Å². The zero-order valence-corrected chi connectivity index (χ0v) is 17.8. The second-order valence-electron chi connectivity index (χ2n) is 8.03. The third kappa shape index (κ3) is 4.60. The van der Waals surface area contributed by atoms with E-state index in [-0.39, 0.29) is 17.6 Å². The summed E-state index contributed by atoms with van der Waals surface area (Å²) in [5.74, 6) is 1.39. The van der Waals surface area contributed by atoms with Crippen LogP contribution in [-0.2, 0) is 6.61 Å². The molecule has 1 aliphatic rings. The fourth-order valence-corrected chi connectivity index (χ4v) is 3.84. The molecule has 5 heteroatoms. The Morgan fingerprint density at radius 3 is 2.53 bits per heavy atom. The molecular weight excluding hydrogens is 398 g/mol. The van der Waals surface area contributed by atoms with Crippen LogP contribution < -0.4 is 14.8 Å². The molecule has 1 heterocycles. The minimum atomic E-state index is -0.345. The lowest BCUT2D eigenvalue weighted by atomic mass is 9.89. The van der Waals surface area contributed by atoms with Crippen molar-refractivity contribution in [2.24, 2.45) is 0 Å². The van der Waals surface area contributed by atoms with E-state index in [9.17, 15) is 4.79 Å². The number of ether oxygens (including phenoxy) is 2. The van der Waals surface area contributed by atoms with Gasteiger partial charge in [-0.15, -0.1) is 0 Å². The van der Waals surface area contributed by atoms with Gasteiger partial charge in [0.25, 0.3) is 5.91 Å². The van der Waals surface area contributed by atoms with E-state index < -0.39 is 0 Å². The van der Waals surface area contributed by atoms with Crippen molar-refractivity contribution in [3.63, 3.8) is 0 Å². The summed E-state index contributed by atoms with van der Waals surface area (Å²) in [6, 6.07) is 22.5. The number of nitrogens with one attached hydrogen (secondary N) is 1. The molecule has 1 aliphatic heterocycles. The van der Waals surface area contributed by atoms with E-state index in [2.05, 4.69) is 5.32 Å². The number of benzene rings is 3. The molecule has 0 aromatic heterocycles. The van der Waals surface area contributed by atoms with E-state index >= 15 is 0 Å². The van der Waals surface area contributed by atoms with Crippen LogP contribution in [0.5, 0.6) is 11.5 Å². The topological polar surface area (TPSA) is 47.6 Å². The average Bonchev–Trinajstić information content (AvgIpc) is 2.73. The normalized spacial score (nSPS) is 16.8. The Morgan fingerprint density at radius 2 is 1.77 bits per heavy atom. The van der Waals surface area contributed by atoms with E-state index in [1.807, 2.05) is 62.4 Å². The first-order valence-corrected chi connectivity index (χ1v) is 10.3. The number of hydrogen-bond acceptors (Lipinski definition) is 3. The summed E-state index contributed by atoms with van der Waals surface area (Å²) in [5, 5.41) is 3.83. The Balaban J connectivity index is 1.42. The molecule has 154 valence electrons. The zero-order valence-electron chi connectivity index (χ0n) is 17.0. The summed E-state index contributed by atoms with van der Waals surface area (Å²) >= 11 is 6.16. The molecule has 0 aliphatic carbocycles. The van der Waals surface area contributed by atoms with Gasteiger partial charge in [-0.1, -0.05) is 48.0 Å². The van der Waals surface area contributed by atoms with Gasteiger partial charge in [0.15, 0.2) is 0 Å². The fourth-order valence-electron chi connectivity index (χ4n) is 3.65. The highest BCUT2D eigenvalue weighted by Crippen LogP contribution is 2.39. The summed E-state index contributed by atoms with van der Waals surface area (Å²) in [6.07, 6.45) is 0.703. The number of rotatable bonds is 5. The maximum atomic E-state index is 12.9. The molecule has 1 amide bonds. The lowest BCUT2D eigenvalue weighted by Gasteiger charge is -2.37. The quantitative estimate of drug-likeness (QED) is 0.553. The molecule has 0 radical (unpaired) electrons. The molecule has 0 saturated heterocycles. The SMILES string of the molecule is CC1(C)C[C@@H](NC(=O)c2ccc(OCc3ccccc3Cl)cc2)c2ccccc2O1. The average molecular weight is 422 g/mol. The van der Waals surface area contributed by atoms with Crippen molar-refractivity contribution in [2.45, 2.75) is 38.5 Å². The molecule has 0 spiro atoms. The molecule has 3 aromatic rings. The zero-order chi connectivity index (χ0) is 21.1. The van der Waals surface area contributed by atoms with Gasteiger partial charge in [-0.2, -0.15) is 0 Å². The van der Waals surface area contributed by atoms with Crippen LogP contribution in [0.4, 0.5) is 0 Å². The third-order valence-electron chi connectivity index (χ3n) is 5.15. The van der Waals surface area contributed by atoms with Gasteiger partial charge < -0.3 is 14.8 Å². The molecule has 0 bridgehead atoms. The van der Waals surface area contributed by atoms with E-state index in [0.717, 1.165) is 16.9 Å². The van der Waals surface area contributed by atoms with Gasteiger partial charge >= 0.3 is 0 Å². The minimum Gasteiger partial charge on any atom is -0.489 e. The molecule has 1 atom stereocenters. The molecule has 0 fully saturated rings. The number of amides is 1. The Bertz CT molecular complexity index is 1050. The Morgan fingerprint density at radius 1 is 1.07 bits per heavy atom. The lowest BCUT2D eigenvalue weighted by molar-refractivity contribution is 0.0619. The first-order chi connectivity index (χ1) is 14.4. The second-order valence-corrected chi connectivity index (χ2v) is 8.44. The van der Waals surface area contributed by atoms with Gasteiger partial charge in [-0.25, -0.2) is 0 Å². The maximum absolute atomic E-state index is 12.9. The van der Waals surface area contributed by atoms with E-state index in [4.69, 9.17) is 21.1 Å². The molecular formula is C25H24ClNO3. The van der Waals surface area contributed by atoms with Gasteiger partial charge in [0.1, 0.15) is 23.7 Å². The van der Waals surface area contributed by atoms with Crippen LogP contribution >= 0.6 is 11.6 Å². The molecule has 4 nitrogen and oxygen atoms in total. The number of halogens is 1. The van der Waals surface area contributed by atoms with Gasteiger partial charge in [0.2, 0.25) is 0 Å². The standard InChI is InChI=1S/C25H24ClNO3/c1-25(2)15-22(20-8-4-6-10-23(20)30-25)27-24(28)17-11-13-19(14-12-17)29-16-18-7-3-5-9-21(18)26/h3-14,22H,15-16H2,1-2H3,(H,27,28)/t22-/m1/s1. The number of carbonyl (C=O) groups excluding carboxylic acids is 1. The van der Waals surface area contributed by atoms with Crippen molar-refractivity contribution in [3.05, 3.63) is 94.5 Å². The summed E-state index contributed by atoms with van der Waals surface area (Å²) in [6.45, 7) is 4.44.